The summed E-state index contributed by atoms with van der Waals surface area (Å²) in [4.78, 5) is 11.9. The zero-order chi connectivity index (χ0) is 20.2. The van der Waals surface area contributed by atoms with Crippen LogP contribution in [0.3, 0.4) is 0 Å². The van der Waals surface area contributed by atoms with Crippen LogP contribution in [0.4, 0.5) is 0 Å². The van der Waals surface area contributed by atoms with Crippen molar-refractivity contribution in [2.75, 3.05) is 6.61 Å². The number of thiophene rings is 1. The molecule has 0 N–H and O–H groups in total. The Balaban J connectivity index is 1.65. The number of esters is 1. The highest BCUT2D eigenvalue weighted by atomic mass is 32.1. The predicted molar refractivity (Wildman–Crippen MR) is 113 cm³/mol. The molecule has 0 atom stereocenters. The van der Waals surface area contributed by atoms with Gasteiger partial charge in [-0.15, -0.1) is 0 Å². The highest BCUT2D eigenvalue weighted by Gasteiger charge is 2.12. The van der Waals surface area contributed by atoms with Gasteiger partial charge in [-0.25, -0.2) is 4.79 Å². The van der Waals surface area contributed by atoms with Crippen LogP contribution >= 0.6 is 11.3 Å². The summed E-state index contributed by atoms with van der Waals surface area (Å²) in [7, 11) is 0. The average Bonchev–Trinajstić information content (AvgIpc) is 3.40. The van der Waals surface area contributed by atoms with Crippen LogP contribution in [0.25, 0.3) is 16.6 Å². The molecule has 4 rings (SSSR count). The molecule has 0 radical (unpaired) electrons. The molecule has 2 aromatic heterocycles. The molecular weight excluding hydrogens is 384 g/mol. The first-order chi connectivity index (χ1) is 14.2. The number of ether oxygens (including phenoxy) is 2. The first-order valence-corrected chi connectivity index (χ1v) is 10.1. The van der Waals surface area contributed by atoms with Crippen LogP contribution in [0.1, 0.15) is 28.4 Å². The largest absolute Gasteiger partial charge is 0.489 e. The van der Waals surface area contributed by atoms with Gasteiger partial charge in [0.1, 0.15) is 18.4 Å². The number of fused-ring (bicyclic) bond motifs is 1. The second-order valence-corrected chi connectivity index (χ2v) is 7.17. The van der Waals surface area contributed by atoms with E-state index in [1.165, 1.54) is 0 Å². The van der Waals surface area contributed by atoms with Gasteiger partial charge in [0.15, 0.2) is 0 Å². The van der Waals surface area contributed by atoms with E-state index in [0.717, 1.165) is 27.9 Å². The van der Waals surface area contributed by atoms with Gasteiger partial charge in [0.2, 0.25) is 0 Å². The fourth-order valence-electron chi connectivity index (χ4n) is 3.12. The van der Waals surface area contributed by atoms with E-state index in [1.807, 2.05) is 46.3 Å². The SMILES string of the molecule is CCOC(=O)c1ccc(-n2cc(C#N)c3cc(OCc4ccsc4)ccc32)cc1. The lowest BCUT2D eigenvalue weighted by Gasteiger charge is -2.08. The molecule has 0 aliphatic carbocycles. The van der Waals surface area contributed by atoms with Crippen molar-refractivity contribution in [1.29, 1.82) is 5.26 Å². The number of hydrogen-bond donors (Lipinski definition) is 0. The molecule has 0 unspecified atom stereocenters. The summed E-state index contributed by atoms with van der Waals surface area (Å²) in [5.74, 6) is 0.372. The molecule has 29 heavy (non-hydrogen) atoms. The molecule has 144 valence electrons. The van der Waals surface area contributed by atoms with Crippen molar-refractivity contribution in [1.82, 2.24) is 4.57 Å². The molecule has 0 aliphatic rings. The molecule has 0 aliphatic heterocycles. The Kier molecular flexibility index (Phi) is 5.32. The predicted octanol–water partition coefficient (Wildman–Crippen LogP) is 5.32. The third-order valence-corrected chi connectivity index (χ3v) is 5.27. The molecular formula is C23H18N2O3S. The Labute approximate surface area is 172 Å². The number of hydrogen-bond acceptors (Lipinski definition) is 5. The number of carbonyl (C=O) groups is 1. The van der Waals surface area contributed by atoms with Crippen LogP contribution in [-0.4, -0.2) is 17.1 Å². The Morgan fingerprint density at radius 3 is 2.69 bits per heavy atom. The Hall–Kier alpha value is -3.56. The van der Waals surface area contributed by atoms with Gasteiger partial charge in [0, 0.05) is 17.3 Å². The van der Waals surface area contributed by atoms with Gasteiger partial charge in [0.05, 0.1) is 23.3 Å². The number of nitrogens with zero attached hydrogens (tertiary/aromatic N) is 2. The lowest BCUT2D eigenvalue weighted by molar-refractivity contribution is 0.0526. The fraction of sp³-hybridized carbons (Fsp3) is 0.130. The zero-order valence-electron chi connectivity index (χ0n) is 15.8. The molecule has 2 heterocycles. The summed E-state index contributed by atoms with van der Waals surface area (Å²) in [5, 5.41) is 14.5. The molecule has 6 heteroatoms. The molecule has 0 amide bonds. The lowest BCUT2D eigenvalue weighted by Crippen LogP contribution is -2.04. The third kappa shape index (κ3) is 3.86. The summed E-state index contributed by atoms with van der Waals surface area (Å²) in [6.45, 7) is 2.61. The topological polar surface area (TPSA) is 64.2 Å². The van der Waals surface area contributed by atoms with Gasteiger partial charge in [0.25, 0.3) is 0 Å². The second kappa shape index (κ2) is 8.21. The van der Waals surface area contributed by atoms with Gasteiger partial charge in [-0.3, -0.25) is 0 Å². The molecule has 4 aromatic rings. The maximum absolute atomic E-state index is 11.9. The van der Waals surface area contributed by atoms with Gasteiger partial charge in [-0.2, -0.15) is 16.6 Å². The highest BCUT2D eigenvalue weighted by Crippen LogP contribution is 2.29. The minimum Gasteiger partial charge on any atom is -0.489 e. The van der Waals surface area contributed by atoms with E-state index in [-0.39, 0.29) is 5.97 Å². The monoisotopic (exact) mass is 402 g/mol. The normalized spacial score (nSPS) is 10.6. The van der Waals surface area contributed by atoms with Gasteiger partial charge in [-0.1, -0.05) is 0 Å². The van der Waals surface area contributed by atoms with Crippen molar-refractivity contribution in [3.8, 4) is 17.5 Å². The maximum Gasteiger partial charge on any atom is 0.338 e. The molecule has 0 spiro atoms. The van der Waals surface area contributed by atoms with Crippen molar-refractivity contribution in [2.24, 2.45) is 0 Å². The van der Waals surface area contributed by atoms with Gasteiger partial charge < -0.3 is 14.0 Å². The van der Waals surface area contributed by atoms with Crippen LogP contribution in [0.15, 0.2) is 65.5 Å². The molecule has 0 fully saturated rings. The smallest absolute Gasteiger partial charge is 0.338 e. The van der Waals surface area contributed by atoms with Crippen LogP contribution < -0.4 is 4.74 Å². The average molecular weight is 402 g/mol. The summed E-state index contributed by atoms with van der Waals surface area (Å²) >= 11 is 1.63. The Morgan fingerprint density at radius 1 is 1.17 bits per heavy atom. The van der Waals surface area contributed by atoms with Crippen molar-refractivity contribution in [2.45, 2.75) is 13.5 Å². The van der Waals surface area contributed by atoms with Crippen molar-refractivity contribution < 1.29 is 14.3 Å². The number of rotatable bonds is 6. The van der Waals surface area contributed by atoms with Gasteiger partial charge >= 0.3 is 5.97 Å². The van der Waals surface area contributed by atoms with Crippen LogP contribution in [0, 0.1) is 11.3 Å². The minimum absolute atomic E-state index is 0.338. The number of aromatic nitrogens is 1. The summed E-state index contributed by atoms with van der Waals surface area (Å²) in [6.07, 6.45) is 1.80. The summed E-state index contributed by atoms with van der Waals surface area (Å²) in [6, 6.07) is 17.2. The van der Waals surface area contributed by atoms with Crippen molar-refractivity contribution in [3.63, 3.8) is 0 Å². The quantitative estimate of drug-likeness (QED) is 0.410. The maximum atomic E-state index is 11.9. The number of benzene rings is 2. The van der Waals surface area contributed by atoms with E-state index in [1.54, 1.807) is 36.6 Å². The van der Waals surface area contributed by atoms with E-state index in [0.29, 0.717) is 24.3 Å². The van der Waals surface area contributed by atoms with Crippen LogP contribution in [-0.2, 0) is 11.3 Å². The van der Waals surface area contributed by atoms with E-state index in [2.05, 4.69) is 11.4 Å². The standard InChI is InChI=1S/C23H18N2O3S/c1-2-27-23(26)17-3-5-19(6-4-17)25-13-18(12-24)21-11-20(7-8-22(21)25)28-14-16-9-10-29-15-16/h3-11,13,15H,2,14H2,1H3. The van der Waals surface area contributed by atoms with Crippen LogP contribution in [0.5, 0.6) is 5.75 Å². The van der Waals surface area contributed by atoms with E-state index < -0.39 is 0 Å². The Bertz CT molecular complexity index is 1190. The Morgan fingerprint density at radius 2 is 2.00 bits per heavy atom. The fourth-order valence-corrected chi connectivity index (χ4v) is 3.77. The minimum atomic E-state index is -0.346. The van der Waals surface area contributed by atoms with E-state index >= 15 is 0 Å². The van der Waals surface area contributed by atoms with E-state index in [9.17, 15) is 10.1 Å². The molecule has 0 bridgehead atoms. The molecule has 2 aromatic carbocycles. The van der Waals surface area contributed by atoms with Crippen molar-refractivity contribution in [3.05, 3.63) is 82.2 Å². The van der Waals surface area contributed by atoms with Gasteiger partial charge in [-0.05, 0) is 71.8 Å². The molecule has 5 nitrogen and oxygen atoms in total. The summed E-state index contributed by atoms with van der Waals surface area (Å²) < 4.78 is 12.8. The summed E-state index contributed by atoms with van der Waals surface area (Å²) in [5.41, 5.74) is 3.94. The van der Waals surface area contributed by atoms with Crippen LogP contribution in [0.2, 0.25) is 0 Å². The zero-order valence-corrected chi connectivity index (χ0v) is 16.6. The molecule has 0 saturated carbocycles. The number of carbonyl (C=O) groups excluding carboxylic acids is 1. The highest BCUT2D eigenvalue weighted by molar-refractivity contribution is 7.07. The first-order valence-electron chi connectivity index (χ1n) is 9.16. The second-order valence-electron chi connectivity index (χ2n) is 6.39. The van der Waals surface area contributed by atoms with Crippen molar-refractivity contribution >= 4 is 28.2 Å². The lowest BCUT2D eigenvalue weighted by atomic mass is 10.2. The third-order valence-electron chi connectivity index (χ3n) is 4.54. The van der Waals surface area contributed by atoms with E-state index in [4.69, 9.17) is 9.47 Å². The number of nitriles is 1. The molecule has 0 saturated heterocycles. The first kappa shape index (κ1) is 18.8.